The number of allylic oxidation sites excluding steroid dienone is 3. The van der Waals surface area contributed by atoms with E-state index in [1.54, 1.807) is 45.3 Å². The number of methoxy groups -OCH3 is 1. The summed E-state index contributed by atoms with van der Waals surface area (Å²) in [7, 11) is 3.32. The van der Waals surface area contributed by atoms with Crippen LogP contribution in [0.4, 0.5) is 30.6 Å². The van der Waals surface area contributed by atoms with Gasteiger partial charge < -0.3 is 24.6 Å². The number of nitrogens with one attached hydrogen (secondary N) is 1. The molecule has 1 unspecified atom stereocenters. The molecule has 0 bridgehead atoms. The third-order valence-electron chi connectivity index (χ3n) is 6.73. The standard InChI is InChI=1S/C27H33F3N6O2/c1-6-20(21(13-17(2)3)27(28,29)30)22-16-38-23-15-32-26(34-25(23)35(22)4)33-18-8-11-36(12-9-18)19-7-10-31-24(14-19)37-5/h6-7,10,13-15,18,22H,2,8-9,11-12,16H2,1,3-5H3,(H,32,33,34). The molecule has 1 N–H and O–H groups in total. The van der Waals surface area contributed by atoms with E-state index < -0.39 is 17.8 Å². The second-order valence-corrected chi connectivity index (χ2v) is 9.43. The minimum absolute atomic E-state index is 0.0428. The molecule has 204 valence electrons. The quantitative estimate of drug-likeness (QED) is 0.492. The van der Waals surface area contributed by atoms with Gasteiger partial charge in [0, 0.05) is 44.1 Å². The van der Waals surface area contributed by atoms with E-state index in [0.29, 0.717) is 29.0 Å². The Kier molecular flexibility index (Phi) is 8.13. The Balaban J connectivity index is 1.47. The summed E-state index contributed by atoms with van der Waals surface area (Å²) in [4.78, 5) is 17.2. The van der Waals surface area contributed by atoms with Gasteiger partial charge in [-0.05, 0) is 44.4 Å². The molecule has 11 heteroatoms. The molecule has 1 atom stereocenters. The normalized spacial score (nSPS) is 19.1. The van der Waals surface area contributed by atoms with Crippen molar-refractivity contribution in [3.05, 3.63) is 60.0 Å². The summed E-state index contributed by atoms with van der Waals surface area (Å²) in [5.41, 5.74) is 0.757. The summed E-state index contributed by atoms with van der Waals surface area (Å²) in [6, 6.07) is 3.36. The maximum absolute atomic E-state index is 13.9. The number of hydrogen-bond donors (Lipinski definition) is 1. The average Bonchev–Trinajstić information content (AvgIpc) is 2.89. The SMILES string of the molecule is C=C(C)C=C(C(=CC)C1COc2cnc(NC3CCN(c4ccnc(OC)c4)CC3)nc2N1C)C(F)(F)F. The fourth-order valence-corrected chi connectivity index (χ4v) is 4.79. The molecule has 0 aromatic carbocycles. The third-order valence-corrected chi connectivity index (χ3v) is 6.73. The largest absolute Gasteiger partial charge is 0.486 e. The Morgan fingerprint density at radius 3 is 2.63 bits per heavy atom. The van der Waals surface area contributed by atoms with Crippen molar-refractivity contribution in [1.82, 2.24) is 15.0 Å². The predicted octanol–water partition coefficient (Wildman–Crippen LogP) is 5.17. The lowest BCUT2D eigenvalue weighted by molar-refractivity contribution is -0.0899. The highest BCUT2D eigenvalue weighted by molar-refractivity contribution is 5.60. The number of rotatable bonds is 7. The van der Waals surface area contributed by atoms with Crippen molar-refractivity contribution < 1.29 is 22.6 Å². The number of anilines is 3. The third kappa shape index (κ3) is 6.03. The van der Waals surface area contributed by atoms with Gasteiger partial charge in [-0.15, -0.1) is 0 Å². The predicted molar refractivity (Wildman–Crippen MR) is 142 cm³/mol. The molecule has 1 fully saturated rings. The summed E-state index contributed by atoms with van der Waals surface area (Å²) in [6.45, 7) is 8.48. The van der Waals surface area contributed by atoms with Gasteiger partial charge in [0.25, 0.3) is 0 Å². The lowest BCUT2D eigenvalue weighted by Crippen LogP contribution is -2.44. The molecule has 0 aliphatic carbocycles. The second-order valence-electron chi connectivity index (χ2n) is 9.43. The monoisotopic (exact) mass is 530 g/mol. The number of fused-ring (bicyclic) bond motifs is 1. The van der Waals surface area contributed by atoms with Crippen molar-refractivity contribution in [2.75, 3.05) is 49.0 Å². The Bertz CT molecular complexity index is 1220. The van der Waals surface area contributed by atoms with Gasteiger partial charge in [0.2, 0.25) is 11.8 Å². The van der Waals surface area contributed by atoms with E-state index in [-0.39, 0.29) is 18.2 Å². The van der Waals surface area contributed by atoms with Crippen LogP contribution >= 0.6 is 0 Å². The van der Waals surface area contributed by atoms with Gasteiger partial charge in [-0.2, -0.15) is 18.2 Å². The smallest absolute Gasteiger partial charge is 0.416 e. The second kappa shape index (κ2) is 11.3. The molecule has 2 aliphatic heterocycles. The van der Waals surface area contributed by atoms with Gasteiger partial charge >= 0.3 is 6.18 Å². The molecule has 4 rings (SSSR count). The van der Waals surface area contributed by atoms with E-state index in [1.807, 2.05) is 12.1 Å². The number of ether oxygens (including phenoxy) is 2. The van der Waals surface area contributed by atoms with Crippen LogP contribution in [0.25, 0.3) is 0 Å². The first-order chi connectivity index (χ1) is 18.1. The number of pyridine rings is 1. The molecule has 0 saturated carbocycles. The van der Waals surface area contributed by atoms with E-state index in [0.717, 1.165) is 37.7 Å². The molecule has 8 nitrogen and oxygen atoms in total. The summed E-state index contributed by atoms with van der Waals surface area (Å²) >= 11 is 0. The lowest BCUT2D eigenvalue weighted by atomic mass is 9.94. The molecular weight excluding hydrogens is 497 g/mol. The Morgan fingerprint density at radius 1 is 1.26 bits per heavy atom. The van der Waals surface area contributed by atoms with Gasteiger partial charge in [-0.25, -0.2) is 9.97 Å². The fourth-order valence-electron chi connectivity index (χ4n) is 4.79. The Hall–Kier alpha value is -3.76. The zero-order chi connectivity index (χ0) is 27.4. The minimum atomic E-state index is -4.53. The first-order valence-electron chi connectivity index (χ1n) is 12.5. The number of piperidine rings is 1. The van der Waals surface area contributed by atoms with E-state index in [9.17, 15) is 13.2 Å². The summed E-state index contributed by atoms with van der Waals surface area (Å²) < 4.78 is 52.8. The van der Waals surface area contributed by atoms with Crippen molar-refractivity contribution in [3.8, 4) is 11.6 Å². The topological polar surface area (TPSA) is 75.6 Å². The van der Waals surface area contributed by atoms with E-state index >= 15 is 0 Å². The number of aromatic nitrogens is 3. The molecule has 2 aromatic rings. The van der Waals surface area contributed by atoms with Crippen LogP contribution in [-0.4, -0.2) is 67.1 Å². The van der Waals surface area contributed by atoms with Gasteiger partial charge in [0.15, 0.2) is 11.6 Å². The molecular formula is C27H33F3N6O2. The van der Waals surface area contributed by atoms with Crippen LogP contribution in [0.15, 0.2) is 60.0 Å². The van der Waals surface area contributed by atoms with Crippen LogP contribution in [0.5, 0.6) is 11.6 Å². The van der Waals surface area contributed by atoms with Crippen molar-refractivity contribution in [1.29, 1.82) is 0 Å². The van der Waals surface area contributed by atoms with Crippen molar-refractivity contribution in [2.24, 2.45) is 0 Å². The zero-order valence-corrected chi connectivity index (χ0v) is 22.0. The molecule has 0 amide bonds. The first-order valence-corrected chi connectivity index (χ1v) is 12.5. The summed E-state index contributed by atoms with van der Waals surface area (Å²) in [5.74, 6) is 1.87. The van der Waals surface area contributed by atoms with Crippen LogP contribution in [0.2, 0.25) is 0 Å². The highest BCUT2D eigenvalue weighted by atomic mass is 19.4. The molecule has 0 spiro atoms. The van der Waals surface area contributed by atoms with Crippen molar-refractivity contribution in [3.63, 3.8) is 0 Å². The first kappa shape index (κ1) is 27.3. The fraction of sp³-hybridized carbons (Fsp3) is 0.444. The van der Waals surface area contributed by atoms with Crippen LogP contribution in [-0.2, 0) is 0 Å². The van der Waals surface area contributed by atoms with Gasteiger partial charge in [-0.3, -0.25) is 0 Å². The molecule has 4 heterocycles. The van der Waals surface area contributed by atoms with Gasteiger partial charge in [0.05, 0.1) is 24.9 Å². The van der Waals surface area contributed by atoms with Crippen LogP contribution in [0.1, 0.15) is 26.7 Å². The highest BCUT2D eigenvalue weighted by Gasteiger charge is 2.41. The molecule has 38 heavy (non-hydrogen) atoms. The van der Waals surface area contributed by atoms with Crippen LogP contribution < -0.4 is 24.6 Å². The van der Waals surface area contributed by atoms with E-state index in [1.165, 1.54) is 6.08 Å². The molecule has 1 saturated heterocycles. The number of likely N-dealkylation sites (N-methyl/N-ethyl adjacent to an activating group) is 1. The number of nitrogens with zero attached hydrogens (tertiary/aromatic N) is 5. The van der Waals surface area contributed by atoms with E-state index in [2.05, 4.69) is 31.7 Å². The van der Waals surface area contributed by atoms with Gasteiger partial charge in [-0.1, -0.05) is 18.2 Å². The van der Waals surface area contributed by atoms with Crippen LogP contribution in [0.3, 0.4) is 0 Å². The van der Waals surface area contributed by atoms with Crippen molar-refractivity contribution >= 4 is 17.5 Å². The van der Waals surface area contributed by atoms with Gasteiger partial charge in [0.1, 0.15) is 6.61 Å². The Labute approximate surface area is 220 Å². The molecule has 0 radical (unpaired) electrons. The molecule has 2 aliphatic rings. The van der Waals surface area contributed by atoms with Crippen LogP contribution in [0, 0.1) is 0 Å². The zero-order valence-electron chi connectivity index (χ0n) is 22.0. The summed E-state index contributed by atoms with van der Waals surface area (Å²) in [5, 5.41) is 3.39. The average molecular weight is 531 g/mol. The number of alkyl halides is 3. The molecule has 2 aromatic heterocycles. The Morgan fingerprint density at radius 2 is 2.00 bits per heavy atom. The maximum Gasteiger partial charge on any atom is 0.416 e. The number of halogens is 3. The lowest BCUT2D eigenvalue weighted by Gasteiger charge is -2.37. The van der Waals surface area contributed by atoms with E-state index in [4.69, 9.17) is 9.47 Å². The summed E-state index contributed by atoms with van der Waals surface area (Å²) in [6.07, 6.45) is 3.05. The minimum Gasteiger partial charge on any atom is -0.486 e. The highest BCUT2D eigenvalue weighted by Crippen LogP contribution is 2.39. The van der Waals surface area contributed by atoms with Crippen molar-refractivity contribution in [2.45, 2.75) is 44.9 Å². The maximum atomic E-state index is 13.9. The number of hydrogen-bond acceptors (Lipinski definition) is 8.